The highest BCUT2D eigenvalue weighted by molar-refractivity contribution is 5.72. The molecule has 1 aliphatic carbocycles. The predicted octanol–water partition coefficient (Wildman–Crippen LogP) is 5.33. The molecule has 1 aliphatic rings. The van der Waals surface area contributed by atoms with Crippen molar-refractivity contribution in [3.8, 4) is 34.0 Å². The number of nitrogens with one attached hydrogen (secondary N) is 1. The lowest BCUT2D eigenvalue weighted by molar-refractivity contribution is -0.145. The number of nitrogens with zero attached hydrogens (tertiary/aromatic N) is 2. The third-order valence-corrected chi connectivity index (χ3v) is 6.28. The normalized spacial score (nSPS) is 17.5. The standard InChI is InChI=1S/C27H25N3O3/c1-17-13-21(11-12-24(17)19-5-3-2-4-6-19)26-29-25(30-33-26)20-9-7-18(8-10-20)16-28-23-14-22(15-23)27(31)32/h2-13,22-23,28H,14-16H2,1H3,(H,31,32). The van der Waals surface area contributed by atoms with Crippen molar-refractivity contribution < 1.29 is 14.4 Å². The maximum Gasteiger partial charge on any atom is 0.306 e. The zero-order valence-corrected chi connectivity index (χ0v) is 18.4. The summed E-state index contributed by atoms with van der Waals surface area (Å²) < 4.78 is 5.54. The van der Waals surface area contributed by atoms with Gasteiger partial charge in [-0.2, -0.15) is 4.98 Å². The third kappa shape index (κ3) is 4.56. The largest absolute Gasteiger partial charge is 0.481 e. The van der Waals surface area contributed by atoms with E-state index in [1.54, 1.807) is 0 Å². The van der Waals surface area contributed by atoms with Crippen molar-refractivity contribution >= 4 is 5.97 Å². The fourth-order valence-corrected chi connectivity index (χ4v) is 4.22. The lowest BCUT2D eigenvalue weighted by Gasteiger charge is -2.33. The van der Waals surface area contributed by atoms with Gasteiger partial charge in [0.2, 0.25) is 5.82 Å². The molecule has 6 heteroatoms. The smallest absolute Gasteiger partial charge is 0.306 e. The van der Waals surface area contributed by atoms with Crippen LogP contribution in [0.15, 0.2) is 77.3 Å². The Bertz CT molecular complexity index is 1260. The van der Waals surface area contributed by atoms with Gasteiger partial charge in [0.05, 0.1) is 5.92 Å². The van der Waals surface area contributed by atoms with Crippen LogP contribution >= 0.6 is 0 Å². The Balaban J connectivity index is 1.24. The summed E-state index contributed by atoms with van der Waals surface area (Å²) in [5.41, 5.74) is 6.43. The number of carbonyl (C=O) groups is 1. The van der Waals surface area contributed by atoms with Crippen LogP contribution in [0.25, 0.3) is 34.0 Å². The summed E-state index contributed by atoms with van der Waals surface area (Å²) in [6, 6.07) is 24.8. The zero-order chi connectivity index (χ0) is 22.8. The van der Waals surface area contributed by atoms with Gasteiger partial charge >= 0.3 is 5.97 Å². The molecule has 0 bridgehead atoms. The van der Waals surface area contributed by atoms with Crippen LogP contribution in [0.5, 0.6) is 0 Å². The summed E-state index contributed by atoms with van der Waals surface area (Å²) >= 11 is 0. The SMILES string of the molecule is Cc1cc(-c2nc(-c3ccc(CNC4CC(C(=O)O)C4)cc3)no2)ccc1-c1ccccc1. The first-order valence-electron chi connectivity index (χ1n) is 11.1. The monoisotopic (exact) mass is 439 g/mol. The van der Waals surface area contributed by atoms with Crippen LogP contribution in [-0.2, 0) is 11.3 Å². The average Bonchev–Trinajstić information content (AvgIpc) is 3.29. The highest BCUT2D eigenvalue weighted by Gasteiger charge is 2.33. The first-order chi connectivity index (χ1) is 16.1. The summed E-state index contributed by atoms with van der Waals surface area (Å²) in [6.07, 6.45) is 1.40. The number of carboxylic acid groups (broad SMARTS) is 1. The molecule has 1 saturated carbocycles. The van der Waals surface area contributed by atoms with E-state index < -0.39 is 5.97 Å². The predicted molar refractivity (Wildman–Crippen MR) is 126 cm³/mol. The molecule has 4 aromatic rings. The molecule has 0 radical (unpaired) electrons. The van der Waals surface area contributed by atoms with E-state index in [2.05, 4.69) is 46.6 Å². The van der Waals surface area contributed by atoms with Crippen LogP contribution < -0.4 is 5.32 Å². The van der Waals surface area contributed by atoms with E-state index in [0.717, 1.165) is 22.3 Å². The summed E-state index contributed by atoms with van der Waals surface area (Å²) in [5.74, 6) is 0.156. The number of carboxylic acids is 1. The molecule has 0 spiro atoms. The van der Waals surface area contributed by atoms with Crippen molar-refractivity contribution in [3.05, 3.63) is 83.9 Å². The number of aliphatic carboxylic acids is 1. The molecule has 6 nitrogen and oxygen atoms in total. The van der Waals surface area contributed by atoms with Gasteiger partial charge in [0.15, 0.2) is 0 Å². The number of aromatic nitrogens is 2. The van der Waals surface area contributed by atoms with Crippen molar-refractivity contribution in [3.63, 3.8) is 0 Å². The second-order valence-corrected chi connectivity index (χ2v) is 8.60. The second-order valence-electron chi connectivity index (χ2n) is 8.60. The zero-order valence-electron chi connectivity index (χ0n) is 18.4. The molecule has 0 atom stereocenters. The van der Waals surface area contributed by atoms with Gasteiger partial charge < -0.3 is 14.9 Å². The molecule has 0 saturated heterocycles. The summed E-state index contributed by atoms with van der Waals surface area (Å²) in [5, 5.41) is 16.6. The minimum Gasteiger partial charge on any atom is -0.481 e. The van der Waals surface area contributed by atoms with E-state index in [9.17, 15) is 4.79 Å². The fraction of sp³-hybridized carbons (Fsp3) is 0.222. The number of rotatable bonds is 7. The molecule has 5 rings (SSSR count). The van der Waals surface area contributed by atoms with Gasteiger partial charge in [-0.15, -0.1) is 0 Å². The topological polar surface area (TPSA) is 88.2 Å². The molecule has 1 fully saturated rings. The van der Waals surface area contributed by atoms with E-state index in [-0.39, 0.29) is 12.0 Å². The fourth-order valence-electron chi connectivity index (χ4n) is 4.22. The Kier molecular flexibility index (Phi) is 5.75. The molecular formula is C27H25N3O3. The quantitative estimate of drug-likeness (QED) is 0.405. The maximum absolute atomic E-state index is 10.9. The summed E-state index contributed by atoms with van der Waals surface area (Å²) in [4.78, 5) is 15.5. The number of hydrogen-bond donors (Lipinski definition) is 2. The molecule has 0 amide bonds. The number of hydrogen-bond acceptors (Lipinski definition) is 5. The Morgan fingerprint density at radius 2 is 1.73 bits per heavy atom. The Hall–Kier alpha value is -3.77. The van der Waals surface area contributed by atoms with Crippen molar-refractivity contribution in [2.24, 2.45) is 5.92 Å². The van der Waals surface area contributed by atoms with Crippen LogP contribution in [0, 0.1) is 12.8 Å². The number of benzene rings is 3. The van der Waals surface area contributed by atoms with Gasteiger partial charge in [-0.05, 0) is 54.2 Å². The van der Waals surface area contributed by atoms with Crippen molar-refractivity contribution in [1.29, 1.82) is 0 Å². The number of aryl methyl sites for hydroxylation is 1. The molecule has 33 heavy (non-hydrogen) atoms. The van der Waals surface area contributed by atoms with Crippen LogP contribution in [0.1, 0.15) is 24.0 Å². The highest BCUT2D eigenvalue weighted by atomic mass is 16.5. The third-order valence-electron chi connectivity index (χ3n) is 6.28. The highest BCUT2D eigenvalue weighted by Crippen LogP contribution is 2.30. The molecule has 2 N–H and O–H groups in total. The van der Waals surface area contributed by atoms with Crippen molar-refractivity contribution in [2.45, 2.75) is 32.4 Å². The van der Waals surface area contributed by atoms with Gasteiger partial charge in [0.1, 0.15) is 0 Å². The molecule has 0 unspecified atom stereocenters. The minimum atomic E-state index is -0.695. The van der Waals surface area contributed by atoms with Gasteiger partial charge in [0.25, 0.3) is 5.89 Å². The van der Waals surface area contributed by atoms with Gasteiger partial charge in [-0.3, -0.25) is 4.79 Å². The average molecular weight is 440 g/mol. The summed E-state index contributed by atoms with van der Waals surface area (Å²) in [7, 11) is 0. The molecule has 166 valence electrons. The van der Waals surface area contributed by atoms with Gasteiger partial charge in [0, 0.05) is 23.7 Å². The van der Waals surface area contributed by atoms with Crippen LogP contribution in [0.2, 0.25) is 0 Å². The van der Waals surface area contributed by atoms with E-state index in [4.69, 9.17) is 9.63 Å². The lowest BCUT2D eigenvalue weighted by atomic mass is 9.80. The van der Waals surface area contributed by atoms with Crippen LogP contribution in [0.4, 0.5) is 0 Å². The summed E-state index contributed by atoms with van der Waals surface area (Å²) in [6.45, 7) is 2.79. The van der Waals surface area contributed by atoms with E-state index in [0.29, 0.717) is 31.1 Å². The van der Waals surface area contributed by atoms with Gasteiger partial charge in [-0.25, -0.2) is 0 Å². The molecule has 1 heterocycles. The van der Waals surface area contributed by atoms with Crippen LogP contribution in [-0.4, -0.2) is 27.3 Å². The van der Waals surface area contributed by atoms with Gasteiger partial charge in [-0.1, -0.05) is 65.8 Å². The Morgan fingerprint density at radius 1 is 1.00 bits per heavy atom. The Morgan fingerprint density at radius 3 is 2.42 bits per heavy atom. The van der Waals surface area contributed by atoms with E-state index >= 15 is 0 Å². The first kappa shape index (κ1) is 21.1. The van der Waals surface area contributed by atoms with Crippen LogP contribution in [0.3, 0.4) is 0 Å². The second kappa shape index (κ2) is 9.00. The van der Waals surface area contributed by atoms with Crippen molar-refractivity contribution in [1.82, 2.24) is 15.5 Å². The Labute approximate surface area is 192 Å². The molecule has 3 aromatic carbocycles. The lowest BCUT2D eigenvalue weighted by Crippen LogP contribution is -2.43. The molecular weight excluding hydrogens is 414 g/mol. The van der Waals surface area contributed by atoms with E-state index in [1.165, 1.54) is 11.1 Å². The molecule has 1 aromatic heterocycles. The van der Waals surface area contributed by atoms with E-state index in [1.807, 2.05) is 48.5 Å². The first-order valence-corrected chi connectivity index (χ1v) is 11.1. The molecule has 0 aliphatic heterocycles. The minimum absolute atomic E-state index is 0.198. The maximum atomic E-state index is 10.9. The van der Waals surface area contributed by atoms with Crippen molar-refractivity contribution in [2.75, 3.05) is 0 Å².